The summed E-state index contributed by atoms with van der Waals surface area (Å²) >= 11 is -1.88. The molecule has 0 radical (unpaired) electrons. The van der Waals surface area contributed by atoms with E-state index in [0.717, 1.165) is 0 Å². The zero-order valence-electron chi connectivity index (χ0n) is 18.7. The molecule has 0 saturated carbocycles. The van der Waals surface area contributed by atoms with Crippen LogP contribution >= 0.6 is 0 Å². The molecule has 2 unspecified atom stereocenters. The summed E-state index contributed by atoms with van der Waals surface area (Å²) in [7, 11) is 0. The van der Waals surface area contributed by atoms with Gasteiger partial charge in [-0.05, 0) is 0 Å². The van der Waals surface area contributed by atoms with E-state index in [1.807, 2.05) is 0 Å². The number of ether oxygens (including phenoxy) is 1. The molecule has 2 aliphatic rings. The molecular formula is C22H25F4N5O2Se. The summed E-state index contributed by atoms with van der Waals surface area (Å²) in [6.45, 7) is 5.49. The first-order chi connectivity index (χ1) is 16.1. The van der Waals surface area contributed by atoms with Gasteiger partial charge in [0.25, 0.3) is 0 Å². The van der Waals surface area contributed by atoms with Gasteiger partial charge in [0, 0.05) is 0 Å². The molecule has 184 valence electrons. The second kappa shape index (κ2) is 9.74. The zero-order chi connectivity index (χ0) is 24.5. The summed E-state index contributed by atoms with van der Waals surface area (Å²) in [5.41, 5.74) is 0.135. The summed E-state index contributed by atoms with van der Waals surface area (Å²) in [5.74, 6) is 5.42. The van der Waals surface area contributed by atoms with Gasteiger partial charge in [-0.25, -0.2) is 0 Å². The number of pyridine rings is 1. The number of nitrogens with one attached hydrogen (secondary N) is 2. The summed E-state index contributed by atoms with van der Waals surface area (Å²) in [6.07, 6.45) is -0.621. The molecule has 2 fully saturated rings. The summed E-state index contributed by atoms with van der Waals surface area (Å²) < 4.78 is 61.7. The predicted molar refractivity (Wildman–Crippen MR) is 120 cm³/mol. The van der Waals surface area contributed by atoms with E-state index in [-0.39, 0.29) is 40.2 Å². The van der Waals surface area contributed by atoms with Crippen molar-refractivity contribution in [3.05, 3.63) is 23.9 Å². The van der Waals surface area contributed by atoms with Gasteiger partial charge in [-0.15, -0.1) is 0 Å². The van der Waals surface area contributed by atoms with Crippen molar-refractivity contribution in [2.45, 2.75) is 43.1 Å². The van der Waals surface area contributed by atoms with E-state index >= 15 is 4.39 Å². The van der Waals surface area contributed by atoms with Gasteiger partial charge in [0.05, 0.1) is 0 Å². The Morgan fingerprint density at radius 2 is 2.15 bits per heavy atom. The average Bonchev–Trinajstić information content (AvgIpc) is 3.07. The second-order valence-electron chi connectivity index (χ2n) is 8.64. The van der Waals surface area contributed by atoms with Gasteiger partial charge in [0.2, 0.25) is 0 Å². The Bertz CT molecular complexity index is 1120. The molecule has 7 nitrogen and oxygen atoms in total. The van der Waals surface area contributed by atoms with Crippen LogP contribution in [0.2, 0.25) is 0 Å². The number of hydrogen-bond donors (Lipinski definition) is 2. The quantitative estimate of drug-likeness (QED) is 0.336. The molecule has 2 aromatic heterocycles. The van der Waals surface area contributed by atoms with Gasteiger partial charge < -0.3 is 0 Å². The Labute approximate surface area is 200 Å². The number of amides is 1. The molecular weight excluding hydrogens is 521 g/mol. The molecule has 0 spiro atoms. The maximum absolute atomic E-state index is 15.1. The number of aromatic nitrogens is 2. The number of rotatable bonds is 5. The average molecular weight is 546 g/mol. The fraction of sp³-hybridized carbons (Fsp3) is 0.545. The van der Waals surface area contributed by atoms with Crippen molar-refractivity contribution in [3.8, 4) is 11.8 Å². The van der Waals surface area contributed by atoms with Gasteiger partial charge >= 0.3 is 201 Å². The first kappa shape index (κ1) is 24.8. The van der Waals surface area contributed by atoms with E-state index < -0.39 is 32.2 Å². The molecule has 12 heteroatoms. The van der Waals surface area contributed by atoms with Crippen molar-refractivity contribution in [1.82, 2.24) is 19.8 Å². The molecule has 2 saturated heterocycles. The zero-order valence-corrected chi connectivity index (χ0v) is 20.4. The van der Waals surface area contributed by atoms with Crippen LogP contribution in [0.1, 0.15) is 26.0 Å². The summed E-state index contributed by atoms with van der Waals surface area (Å²) in [5, 5.41) is 5.55. The van der Waals surface area contributed by atoms with Gasteiger partial charge in [-0.1, -0.05) is 0 Å². The Hall–Kier alpha value is -2.32. The van der Waals surface area contributed by atoms with Gasteiger partial charge in [0.1, 0.15) is 0 Å². The third-order valence-electron chi connectivity index (χ3n) is 5.93. The topological polar surface area (TPSA) is 70.9 Å². The maximum atomic E-state index is 15.1. The Morgan fingerprint density at radius 3 is 2.76 bits per heavy atom. The molecule has 4 rings (SSSR count). The number of nitrogens with zero attached hydrogens (tertiary/aromatic N) is 3. The van der Waals surface area contributed by atoms with Gasteiger partial charge in [0.15, 0.2) is 0 Å². The fourth-order valence-electron chi connectivity index (χ4n) is 4.08. The number of carbonyl (C=O) groups is 1. The van der Waals surface area contributed by atoms with Crippen LogP contribution in [0.15, 0.2) is 18.2 Å². The first-order valence-corrected chi connectivity index (χ1v) is 12.5. The van der Waals surface area contributed by atoms with E-state index in [2.05, 4.69) is 39.4 Å². The third kappa shape index (κ3) is 5.49. The molecule has 0 aromatic carbocycles. The molecule has 0 bridgehead atoms. The van der Waals surface area contributed by atoms with Crippen LogP contribution < -0.4 is 15.1 Å². The first-order valence-electron chi connectivity index (χ1n) is 10.8. The molecule has 4 heterocycles. The number of likely N-dealkylation sites (tertiary alicyclic amines) is 1. The van der Waals surface area contributed by atoms with Crippen molar-refractivity contribution < 1.29 is 27.1 Å². The van der Waals surface area contributed by atoms with E-state index in [1.165, 1.54) is 11.4 Å². The van der Waals surface area contributed by atoms with Crippen LogP contribution in [0.25, 0.3) is 5.52 Å². The molecule has 2 aliphatic heterocycles. The van der Waals surface area contributed by atoms with E-state index in [4.69, 9.17) is 4.74 Å². The third-order valence-corrected chi connectivity index (χ3v) is 7.69. The summed E-state index contributed by atoms with van der Waals surface area (Å²) in [4.78, 5) is 13.1. The minimum absolute atomic E-state index is 0.00116. The van der Waals surface area contributed by atoms with Crippen LogP contribution in [0, 0.1) is 11.8 Å². The van der Waals surface area contributed by atoms with Crippen LogP contribution in [0.3, 0.4) is 0 Å². The van der Waals surface area contributed by atoms with Crippen LogP contribution in [0.5, 0.6) is 0 Å². The standard InChI is InChI=1S/C22H25F4N5O2Se/c1-14(32)27-9-4-5-17-20(34-22(24,25)26)18-6-3-7-19(31(18)29-17)28-16-8-10-30(11-15(16)23)21(2)12-33-13-21/h3,6-7,15-16,28H,8-13H2,1-2H3,(H,27,32). The Balaban J connectivity index is 1.58. The second-order valence-corrected chi connectivity index (χ2v) is 10.9. The van der Waals surface area contributed by atoms with Crippen LogP contribution in [-0.2, 0) is 9.53 Å². The molecule has 2 aromatic rings. The monoisotopic (exact) mass is 547 g/mol. The SMILES string of the molecule is CC(=O)NCC#Cc1nn2c(NC3CCN(C4(C)COC4)CC3F)cccc2c1[Se]C(F)(F)F. The number of carbonyl (C=O) groups excluding carboxylic acids is 1. The van der Waals surface area contributed by atoms with Crippen molar-refractivity contribution in [1.29, 1.82) is 0 Å². The van der Waals surface area contributed by atoms with E-state index in [9.17, 15) is 18.0 Å². The summed E-state index contributed by atoms with van der Waals surface area (Å²) in [6, 6.07) is 4.34. The van der Waals surface area contributed by atoms with Crippen molar-refractivity contribution in [2.75, 3.05) is 38.2 Å². The predicted octanol–water partition coefficient (Wildman–Crippen LogP) is 1.28. The van der Waals surface area contributed by atoms with Crippen molar-refractivity contribution in [2.24, 2.45) is 0 Å². The molecule has 34 heavy (non-hydrogen) atoms. The Morgan fingerprint density at radius 1 is 1.38 bits per heavy atom. The van der Waals surface area contributed by atoms with Gasteiger partial charge in [-0.3, -0.25) is 0 Å². The fourth-order valence-corrected chi connectivity index (χ4v) is 5.50. The molecule has 0 aliphatic carbocycles. The van der Waals surface area contributed by atoms with Crippen LogP contribution in [-0.4, -0.2) is 91.1 Å². The number of halogens is 4. The number of fused-ring (bicyclic) bond motifs is 1. The molecule has 2 N–H and O–H groups in total. The van der Waals surface area contributed by atoms with Gasteiger partial charge in [-0.2, -0.15) is 0 Å². The molecule has 1 amide bonds. The minimum atomic E-state index is -4.40. The van der Waals surface area contributed by atoms with Crippen molar-refractivity contribution >= 4 is 36.7 Å². The van der Waals surface area contributed by atoms with Crippen LogP contribution in [0.4, 0.5) is 23.4 Å². The number of hydrogen-bond acceptors (Lipinski definition) is 5. The Kier molecular flexibility index (Phi) is 7.10. The number of piperidine rings is 1. The number of alkyl halides is 4. The van der Waals surface area contributed by atoms with E-state index in [1.54, 1.807) is 18.2 Å². The van der Waals surface area contributed by atoms with Crippen molar-refractivity contribution in [3.63, 3.8) is 0 Å². The normalized spacial score (nSPS) is 22.5. The number of anilines is 1. The molecule has 2 atom stereocenters. The van der Waals surface area contributed by atoms with E-state index in [0.29, 0.717) is 32.0 Å².